The number of halogens is 4. The Balaban J connectivity index is 2.14. The average molecular weight is 322 g/mol. The highest BCUT2D eigenvalue weighted by Crippen LogP contribution is 2.36. The average Bonchev–Trinajstić information content (AvgIpc) is 2.31. The largest absolute Gasteiger partial charge is 0.156 e. The smallest absolute Gasteiger partial charge is 0.151 e. The first-order chi connectivity index (χ1) is 8.47. The van der Waals surface area contributed by atoms with Crippen molar-refractivity contribution in [3.63, 3.8) is 0 Å². The molecule has 0 bridgehead atoms. The standard InChI is InChI=1S/C12H8Cl4N2/c13-8-2-1-3-9(6-8)17-18-10-4-5-12(15,16)11(14)7-10/h1-7,11H. The van der Waals surface area contributed by atoms with E-state index >= 15 is 0 Å². The summed E-state index contributed by atoms with van der Waals surface area (Å²) in [6.07, 6.45) is 4.91. The molecule has 0 fully saturated rings. The zero-order valence-corrected chi connectivity index (χ0v) is 12.0. The SMILES string of the molecule is Clc1cccc(N=NC2=CC(Cl)C(Cl)(Cl)C=C2)c1. The van der Waals surface area contributed by atoms with Gasteiger partial charge in [0.05, 0.1) is 16.8 Å². The normalized spacial score (nSPS) is 22.2. The summed E-state index contributed by atoms with van der Waals surface area (Å²) in [4.78, 5) is 0. The minimum absolute atomic E-state index is 0.542. The van der Waals surface area contributed by atoms with E-state index in [1.165, 1.54) is 0 Å². The van der Waals surface area contributed by atoms with E-state index in [2.05, 4.69) is 10.2 Å². The van der Waals surface area contributed by atoms with Crippen LogP contribution in [0.3, 0.4) is 0 Å². The first-order valence-corrected chi connectivity index (χ1v) is 6.65. The van der Waals surface area contributed by atoms with Crippen molar-refractivity contribution in [3.05, 3.63) is 53.2 Å². The number of rotatable bonds is 2. The molecule has 0 spiro atoms. The number of azo groups is 1. The molecule has 1 aromatic rings. The lowest BCUT2D eigenvalue weighted by atomic mass is 10.1. The van der Waals surface area contributed by atoms with E-state index < -0.39 is 9.71 Å². The number of benzene rings is 1. The Hall–Kier alpha value is -0.540. The van der Waals surface area contributed by atoms with E-state index in [0.717, 1.165) is 0 Å². The van der Waals surface area contributed by atoms with E-state index in [1.807, 2.05) is 0 Å². The van der Waals surface area contributed by atoms with Crippen LogP contribution >= 0.6 is 46.4 Å². The maximum atomic E-state index is 6.00. The van der Waals surface area contributed by atoms with Crippen LogP contribution in [0.25, 0.3) is 0 Å². The third-order valence-electron chi connectivity index (χ3n) is 2.25. The van der Waals surface area contributed by atoms with Gasteiger partial charge in [-0.05, 0) is 36.4 Å². The maximum absolute atomic E-state index is 6.00. The molecule has 1 unspecified atom stereocenters. The second kappa shape index (κ2) is 5.62. The second-order valence-electron chi connectivity index (χ2n) is 3.68. The van der Waals surface area contributed by atoms with Crippen molar-refractivity contribution in [2.75, 3.05) is 0 Å². The van der Waals surface area contributed by atoms with E-state index in [4.69, 9.17) is 46.4 Å². The van der Waals surface area contributed by atoms with E-state index in [0.29, 0.717) is 16.4 Å². The van der Waals surface area contributed by atoms with Crippen LogP contribution in [0.5, 0.6) is 0 Å². The van der Waals surface area contributed by atoms with Crippen molar-refractivity contribution in [1.29, 1.82) is 0 Å². The van der Waals surface area contributed by atoms with Crippen molar-refractivity contribution in [3.8, 4) is 0 Å². The van der Waals surface area contributed by atoms with Crippen molar-refractivity contribution in [1.82, 2.24) is 0 Å². The van der Waals surface area contributed by atoms with Crippen molar-refractivity contribution in [2.24, 2.45) is 10.2 Å². The zero-order valence-electron chi connectivity index (χ0n) is 9.03. The lowest BCUT2D eigenvalue weighted by molar-refractivity contribution is 0.941. The number of alkyl halides is 3. The van der Waals surface area contributed by atoms with Gasteiger partial charge >= 0.3 is 0 Å². The monoisotopic (exact) mass is 320 g/mol. The minimum Gasteiger partial charge on any atom is -0.151 e. The number of hydrogen-bond acceptors (Lipinski definition) is 2. The molecule has 0 saturated carbocycles. The summed E-state index contributed by atoms with van der Waals surface area (Å²) in [6.45, 7) is 0. The van der Waals surface area contributed by atoms with Gasteiger partial charge in [0.25, 0.3) is 0 Å². The Morgan fingerprint density at radius 2 is 1.94 bits per heavy atom. The van der Waals surface area contributed by atoms with Gasteiger partial charge in [-0.25, -0.2) is 0 Å². The molecule has 1 atom stereocenters. The van der Waals surface area contributed by atoms with E-state index in [1.54, 1.807) is 42.5 Å². The van der Waals surface area contributed by atoms with Gasteiger partial charge in [-0.3, -0.25) is 0 Å². The highest BCUT2D eigenvalue weighted by molar-refractivity contribution is 6.54. The van der Waals surface area contributed by atoms with Gasteiger partial charge in [0.15, 0.2) is 4.33 Å². The molecule has 94 valence electrons. The molecule has 1 aliphatic carbocycles. The summed E-state index contributed by atoms with van der Waals surface area (Å²) in [6, 6.07) is 7.08. The molecular weight excluding hydrogens is 314 g/mol. The molecular formula is C12H8Cl4N2. The molecule has 0 aliphatic heterocycles. The molecule has 1 aromatic carbocycles. The van der Waals surface area contributed by atoms with Gasteiger partial charge in [-0.1, -0.05) is 40.9 Å². The molecule has 2 nitrogen and oxygen atoms in total. The van der Waals surface area contributed by atoms with Crippen LogP contribution in [-0.4, -0.2) is 9.71 Å². The summed E-state index contributed by atoms with van der Waals surface area (Å²) in [7, 11) is 0. The van der Waals surface area contributed by atoms with Crippen LogP contribution in [-0.2, 0) is 0 Å². The molecule has 18 heavy (non-hydrogen) atoms. The van der Waals surface area contributed by atoms with Crippen LogP contribution < -0.4 is 0 Å². The van der Waals surface area contributed by atoms with E-state index in [-0.39, 0.29) is 0 Å². The third-order valence-corrected chi connectivity index (χ3v) is 3.90. The van der Waals surface area contributed by atoms with Crippen LogP contribution in [0, 0.1) is 0 Å². The first kappa shape index (κ1) is 13.9. The van der Waals surface area contributed by atoms with Crippen LogP contribution in [0.15, 0.2) is 58.4 Å². The molecule has 1 aliphatic rings. The Labute approximate surface area is 125 Å². The Morgan fingerprint density at radius 3 is 2.61 bits per heavy atom. The van der Waals surface area contributed by atoms with Gasteiger partial charge in [-0.15, -0.1) is 11.6 Å². The summed E-state index contributed by atoms with van der Waals surface area (Å²) in [5.74, 6) is 0. The fourth-order valence-corrected chi connectivity index (χ4v) is 1.96. The van der Waals surface area contributed by atoms with Gasteiger partial charge in [-0.2, -0.15) is 10.2 Å². The third kappa shape index (κ3) is 3.48. The molecule has 0 amide bonds. The van der Waals surface area contributed by atoms with Crippen LogP contribution in [0.2, 0.25) is 5.02 Å². The summed E-state index contributed by atoms with van der Waals surface area (Å²) >= 11 is 23.7. The fourth-order valence-electron chi connectivity index (χ4n) is 1.33. The predicted octanol–water partition coefficient (Wildman–Crippen LogP) is 5.66. The molecule has 0 saturated heterocycles. The molecule has 6 heteroatoms. The molecule has 0 aromatic heterocycles. The Kier molecular flexibility index (Phi) is 4.33. The summed E-state index contributed by atoms with van der Waals surface area (Å²) in [5, 5.41) is 8.16. The quantitative estimate of drug-likeness (QED) is 0.496. The van der Waals surface area contributed by atoms with Gasteiger partial charge in [0, 0.05) is 5.02 Å². The first-order valence-electron chi connectivity index (χ1n) is 5.08. The van der Waals surface area contributed by atoms with Crippen LogP contribution in [0.1, 0.15) is 0 Å². The summed E-state index contributed by atoms with van der Waals surface area (Å²) in [5.41, 5.74) is 1.27. The topological polar surface area (TPSA) is 24.7 Å². The second-order valence-corrected chi connectivity index (χ2v) is 6.03. The Morgan fingerprint density at radius 1 is 1.17 bits per heavy atom. The lowest BCUT2D eigenvalue weighted by Crippen LogP contribution is -2.24. The minimum atomic E-state index is -1.10. The molecule has 2 rings (SSSR count). The van der Waals surface area contributed by atoms with E-state index in [9.17, 15) is 0 Å². The maximum Gasteiger partial charge on any atom is 0.156 e. The number of hydrogen-bond donors (Lipinski definition) is 0. The Bertz CT molecular complexity index is 535. The summed E-state index contributed by atoms with van der Waals surface area (Å²) < 4.78 is -1.10. The molecule has 0 N–H and O–H groups in total. The van der Waals surface area contributed by atoms with Crippen molar-refractivity contribution >= 4 is 52.1 Å². The predicted molar refractivity (Wildman–Crippen MR) is 77.3 cm³/mol. The van der Waals surface area contributed by atoms with Crippen molar-refractivity contribution in [2.45, 2.75) is 9.71 Å². The fraction of sp³-hybridized carbons (Fsp3) is 0.167. The lowest BCUT2D eigenvalue weighted by Gasteiger charge is -2.21. The van der Waals surface area contributed by atoms with Crippen LogP contribution in [0.4, 0.5) is 5.69 Å². The number of allylic oxidation sites excluding steroid dienone is 3. The number of nitrogens with zero attached hydrogens (tertiary/aromatic N) is 2. The van der Waals surface area contributed by atoms with Gasteiger partial charge < -0.3 is 0 Å². The molecule has 0 radical (unpaired) electrons. The molecule has 0 heterocycles. The zero-order chi connectivity index (χ0) is 13.2. The highest BCUT2D eigenvalue weighted by Gasteiger charge is 2.31. The van der Waals surface area contributed by atoms with Gasteiger partial charge in [0.2, 0.25) is 0 Å². The van der Waals surface area contributed by atoms with Crippen molar-refractivity contribution < 1.29 is 0 Å². The van der Waals surface area contributed by atoms with Gasteiger partial charge in [0.1, 0.15) is 0 Å². The highest BCUT2D eigenvalue weighted by atomic mass is 35.5.